The van der Waals surface area contributed by atoms with E-state index in [1.807, 2.05) is 6.08 Å². The fourth-order valence-electron chi connectivity index (χ4n) is 6.95. The molecule has 41 heavy (non-hydrogen) atoms. The Labute approximate surface area is 262 Å². The quantitative estimate of drug-likeness (QED) is 0.200. The molecule has 2 heterocycles. The van der Waals surface area contributed by atoms with Crippen molar-refractivity contribution in [3.8, 4) is 5.75 Å². The summed E-state index contributed by atoms with van der Waals surface area (Å²) in [4.78, 5) is 53.8. The molecule has 6 rings (SSSR count). The second-order valence-corrected chi connectivity index (χ2v) is 13.2. The van der Waals surface area contributed by atoms with E-state index < -0.39 is 45.2 Å². The highest BCUT2D eigenvalue weighted by Gasteiger charge is 2.76. The van der Waals surface area contributed by atoms with Crippen molar-refractivity contribution >= 4 is 84.4 Å². The molecule has 3 fully saturated rings. The average molecular weight is 727 g/mol. The molecule has 8 nitrogen and oxygen atoms in total. The largest absolute Gasteiger partial charge is 0.491 e. The maximum atomic E-state index is 14.1. The number of halogens is 4. The minimum absolute atomic E-state index is 0.00620. The van der Waals surface area contributed by atoms with Gasteiger partial charge in [0.2, 0.25) is 11.8 Å². The number of hydrogen-bond donors (Lipinski definition) is 1. The van der Waals surface area contributed by atoms with E-state index in [9.17, 15) is 24.3 Å². The van der Waals surface area contributed by atoms with Crippen LogP contribution < -0.4 is 9.64 Å². The van der Waals surface area contributed by atoms with E-state index in [1.54, 1.807) is 48.5 Å². The van der Waals surface area contributed by atoms with Crippen molar-refractivity contribution in [3.05, 3.63) is 70.2 Å². The van der Waals surface area contributed by atoms with E-state index in [2.05, 4.69) is 31.9 Å². The van der Waals surface area contributed by atoms with E-state index in [0.29, 0.717) is 22.6 Å². The zero-order valence-electron chi connectivity index (χ0n) is 21.4. The standard InChI is InChI=1S/C29H24Br2Cl2N2O6/c30-14-34-26(39)28(32)13-20-17(23(29(28,33)27(34)40)18-3-1-2-4-21(18)41-12-11-36)9-10-19-22(20)25(38)35(24(19)37)16-7-5-15(31)6-8-16/h1-9,19-20,22-23,36H,10-14H2/t19-,20+,22-,23+,28+,29-/m0/s1. The summed E-state index contributed by atoms with van der Waals surface area (Å²) in [5.74, 6) is -4.65. The number of hydrogen-bond acceptors (Lipinski definition) is 6. The van der Waals surface area contributed by atoms with Crippen LogP contribution in [0.3, 0.4) is 0 Å². The van der Waals surface area contributed by atoms with Gasteiger partial charge in [0.05, 0.1) is 29.6 Å². The number of allylic oxidation sites excluding steroid dienone is 2. The highest BCUT2D eigenvalue weighted by atomic mass is 79.9. The summed E-state index contributed by atoms with van der Waals surface area (Å²) in [5, 5.41) is 9.42. The Morgan fingerprint density at radius 3 is 2.37 bits per heavy atom. The molecule has 4 aliphatic rings. The lowest BCUT2D eigenvalue weighted by molar-refractivity contribution is -0.138. The van der Waals surface area contributed by atoms with Crippen molar-refractivity contribution in [2.75, 3.05) is 23.6 Å². The van der Waals surface area contributed by atoms with Crippen LogP contribution >= 0.6 is 55.1 Å². The first-order chi connectivity index (χ1) is 19.6. The van der Waals surface area contributed by atoms with Crippen LogP contribution in [-0.2, 0) is 19.2 Å². The molecule has 0 radical (unpaired) electrons. The highest BCUT2D eigenvalue weighted by molar-refractivity contribution is 9.10. The van der Waals surface area contributed by atoms with Crippen molar-refractivity contribution in [1.29, 1.82) is 0 Å². The number of carbonyl (C=O) groups is 4. The SMILES string of the molecule is O=C1[C@H]2[C@H](CC=C3[C@H]2C[C@@]2(Cl)C(=O)N(CBr)C(=O)[C@@]2(Cl)[C@H]3c2ccccc2OCCO)C(=O)N1c1ccc(Br)cc1. The van der Waals surface area contributed by atoms with Crippen LogP contribution in [0, 0.1) is 17.8 Å². The molecule has 0 aromatic heterocycles. The first-order valence-electron chi connectivity index (χ1n) is 13.1. The lowest BCUT2D eigenvalue weighted by atomic mass is 9.56. The normalized spacial score (nSPS) is 32.6. The fourth-order valence-corrected chi connectivity index (χ4v) is 8.63. The Kier molecular flexibility index (Phi) is 7.38. The molecule has 0 spiro atoms. The molecule has 2 saturated heterocycles. The molecule has 1 N–H and O–H groups in total. The molecule has 2 aromatic carbocycles. The third-order valence-electron chi connectivity index (χ3n) is 8.68. The van der Waals surface area contributed by atoms with Crippen molar-refractivity contribution in [1.82, 2.24) is 4.90 Å². The number of nitrogens with zero attached hydrogens (tertiary/aromatic N) is 2. The number of benzene rings is 2. The maximum Gasteiger partial charge on any atom is 0.254 e. The van der Waals surface area contributed by atoms with Crippen LogP contribution in [0.25, 0.3) is 0 Å². The molecule has 6 atom stereocenters. The molecule has 12 heteroatoms. The predicted octanol–water partition coefficient (Wildman–Crippen LogP) is 4.74. The van der Waals surface area contributed by atoms with Gasteiger partial charge in [-0.15, -0.1) is 23.2 Å². The number of aliphatic hydroxyl groups is 1. The average Bonchev–Trinajstić information content (AvgIpc) is 3.30. The van der Waals surface area contributed by atoms with E-state index in [1.165, 1.54) is 4.90 Å². The van der Waals surface area contributed by atoms with Crippen LogP contribution in [-0.4, -0.2) is 62.1 Å². The lowest BCUT2D eigenvalue weighted by Gasteiger charge is -2.51. The smallest absolute Gasteiger partial charge is 0.254 e. The molecule has 4 amide bonds. The Bertz CT molecular complexity index is 1500. The zero-order valence-corrected chi connectivity index (χ0v) is 26.1. The summed E-state index contributed by atoms with van der Waals surface area (Å²) in [7, 11) is 0. The molecular weight excluding hydrogens is 703 g/mol. The van der Waals surface area contributed by atoms with Gasteiger partial charge < -0.3 is 9.84 Å². The first kappa shape index (κ1) is 28.9. The molecule has 1 saturated carbocycles. The number of rotatable bonds is 6. The van der Waals surface area contributed by atoms with Crippen molar-refractivity contribution in [2.45, 2.75) is 28.5 Å². The van der Waals surface area contributed by atoms with Crippen molar-refractivity contribution < 1.29 is 29.0 Å². The Morgan fingerprint density at radius 2 is 1.68 bits per heavy atom. The number of aliphatic hydroxyl groups excluding tert-OH is 1. The third-order valence-corrected chi connectivity index (χ3v) is 11.1. The highest BCUT2D eigenvalue weighted by Crippen LogP contribution is 2.66. The van der Waals surface area contributed by atoms with Gasteiger partial charge in [0.25, 0.3) is 11.8 Å². The molecule has 0 unspecified atom stereocenters. The number of imide groups is 2. The second kappa shape index (κ2) is 10.5. The number of ether oxygens (including phenoxy) is 1. The summed E-state index contributed by atoms with van der Waals surface area (Å²) in [5.41, 5.74) is 1.54. The van der Waals surface area contributed by atoms with Gasteiger partial charge in [0, 0.05) is 16.0 Å². The summed E-state index contributed by atoms with van der Waals surface area (Å²) in [6.45, 7) is -0.245. The van der Waals surface area contributed by atoms with Gasteiger partial charge >= 0.3 is 0 Å². The Morgan fingerprint density at radius 1 is 0.976 bits per heavy atom. The summed E-state index contributed by atoms with van der Waals surface area (Å²) in [6, 6.07) is 13.9. The molecule has 2 aromatic rings. The van der Waals surface area contributed by atoms with Gasteiger partial charge in [-0.3, -0.25) is 29.0 Å². The van der Waals surface area contributed by atoms with Gasteiger partial charge in [0.1, 0.15) is 12.4 Å². The monoisotopic (exact) mass is 724 g/mol. The number of carbonyl (C=O) groups excluding carboxylic acids is 4. The Hall–Kier alpha value is -2.24. The van der Waals surface area contributed by atoms with E-state index in [-0.39, 0.29) is 43.3 Å². The summed E-state index contributed by atoms with van der Waals surface area (Å²) in [6.07, 6.45) is 2.05. The first-order valence-corrected chi connectivity index (χ1v) is 15.7. The molecule has 0 bridgehead atoms. The summed E-state index contributed by atoms with van der Waals surface area (Å²) < 4.78 is 6.65. The fraction of sp³-hybridized carbons (Fsp3) is 0.379. The predicted molar refractivity (Wildman–Crippen MR) is 159 cm³/mol. The molecule has 2 aliphatic carbocycles. The molecule has 2 aliphatic heterocycles. The second-order valence-electron chi connectivity index (χ2n) is 10.6. The van der Waals surface area contributed by atoms with E-state index in [4.69, 9.17) is 27.9 Å². The van der Waals surface area contributed by atoms with Crippen molar-refractivity contribution in [2.24, 2.45) is 17.8 Å². The minimum atomic E-state index is -1.93. The zero-order chi connectivity index (χ0) is 29.3. The minimum Gasteiger partial charge on any atom is -0.491 e. The van der Waals surface area contributed by atoms with Gasteiger partial charge in [-0.2, -0.15) is 0 Å². The number of alkyl halides is 3. The van der Waals surface area contributed by atoms with E-state index >= 15 is 0 Å². The molecular formula is C29H24Br2Cl2N2O6. The number of para-hydroxylation sites is 1. The van der Waals surface area contributed by atoms with Crippen LogP contribution in [0.15, 0.2) is 64.7 Å². The number of anilines is 1. The lowest BCUT2D eigenvalue weighted by Crippen LogP contribution is -2.60. The number of fused-ring (bicyclic) bond motifs is 4. The number of likely N-dealkylation sites (tertiary alicyclic amines) is 1. The van der Waals surface area contributed by atoms with Crippen LogP contribution in [0.5, 0.6) is 5.75 Å². The van der Waals surface area contributed by atoms with Gasteiger partial charge in [0.15, 0.2) is 9.75 Å². The van der Waals surface area contributed by atoms with E-state index in [0.717, 1.165) is 9.37 Å². The van der Waals surface area contributed by atoms with Gasteiger partial charge in [-0.1, -0.05) is 61.7 Å². The van der Waals surface area contributed by atoms with Crippen LogP contribution in [0.2, 0.25) is 0 Å². The maximum absolute atomic E-state index is 14.1. The van der Waals surface area contributed by atoms with Gasteiger partial charge in [-0.05, 0) is 49.1 Å². The van der Waals surface area contributed by atoms with Crippen LogP contribution in [0.4, 0.5) is 5.69 Å². The van der Waals surface area contributed by atoms with Crippen LogP contribution in [0.1, 0.15) is 24.3 Å². The third kappa shape index (κ3) is 4.01. The summed E-state index contributed by atoms with van der Waals surface area (Å²) >= 11 is 21.2. The Balaban J connectivity index is 1.52. The number of amides is 4. The molecule has 214 valence electrons. The van der Waals surface area contributed by atoms with Gasteiger partial charge in [-0.25, -0.2) is 0 Å². The van der Waals surface area contributed by atoms with Crippen molar-refractivity contribution in [3.63, 3.8) is 0 Å². The topological polar surface area (TPSA) is 104 Å².